The third-order valence-corrected chi connectivity index (χ3v) is 6.69. The highest BCUT2D eigenvalue weighted by Crippen LogP contribution is 2.56. The molecular weight excluding hydrogens is 444 g/mol. The maximum Gasteiger partial charge on any atom is 0.171 e. The maximum absolute atomic E-state index is 15.5. The quantitative estimate of drug-likeness (QED) is 0.292. The van der Waals surface area contributed by atoms with Crippen LogP contribution in [-0.2, 0) is 23.2 Å². The standard InChI is InChI=1S/C28H28F4O2/c1-4-6-7-17-8-10-18(11-9-17)16-34-21-14-15-28(3)19-12-13-20(33-5-2)24(29)22(19)26(31)27(32)23(28)25(21)30/h4,8-15,23,26-27H,1,5-7,16H2,2-3H3. The first-order valence-corrected chi connectivity index (χ1v) is 11.5. The average Bonchev–Trinajstić information content (AvgIpc) is 2.83. The van der Waals surface area contributed by atoms with Crippen LogP contribution >= 0.6 is 0 Å². The zero-order valence-electron chi connectivity index (χ0n) is 19.3. The Kier molecular flexibility index (Phi) is 6.87. The Hall–Kier alpha value is -3.02. The molecule has 0 spiro atoms. The molecule has 4 atom stereocenters. The highest BCUT2D eigenvalue weighted by molar-refractivity contribution is 5.52. The van der Waals surface area contributed by atoms with E-state index in [1.165, 1.54) is 18.2 Å². The number of ether oxygens (including phenoxy) is 2. The fourth-order valence-corrected chi connectivity index (χ4v) is 4.83. The normalized spacial score (nSPS) is 25.5. The highest BCUT2D eigenvalue weighted by Gasteiger charge is 2.55. The minimum absolute atomic E-state index is 0.0806. The first kappa shape index (κ1) is 24.1. The monoisotopic (exact) mass is 472 g/mol. The van der Waals surface area contributed by atoms with E-state index in [9.17, 15) is 4.39 Å². The van der Waals surface area contributed by atoms with Crippen molar-refractivity contribution in [3.8, 4) is 5.75 Å². The lowest BCUT2D eigenvalue weighted by Crippen LogP contribution is -2.46. The van der Waals surface area contributed by atoms with Crippen LogP contribution in [0.5, 0.6) is 5.75 Å². The molecule has 2 aromatic rings. The molecule has 180 valence electrons. The SMILES string of the molecule is C=CCCc1ccc(COC2=C(F)C3C(F)C(F)c4c(ccc(OCC)c4F)C3(C)C=C2)cc1. The first-order chi connectivity index (χ1) is 16.3. The van der Waals surface area contributed by atoms with E-state index in [4.69, 9.17) is 9.47 Å². The molecule has 0 saturated heterocycles. The highest BCUT2D eigenvalue weighted by atomic mass is 19.2. The third-order valence-electron chi connectivity index (χ3n) is 6.69. The zero-order valence-corrected chi connectivity index (χ0v) is 19.3. The molecule has 2 aliphatic carbocycles. The summed E-state index contributed by atoms with van der Waals surface area (Å²) < 4.78 is 71.8. The fraction of sp³-hybridized carbons (Fsp3) is 0.357. The van der Waals surface area contributed by atoms with E-state index in [-0.39, 0.29) is 30.3 Å². The van der Waals surface area contributed by atoms with Crippen molar-refractivity contribution in [2.24, 2.45) is 5.92 Å². The summed E-state index contributed by atoms with van der Waals surface area (Å²) in [6.07, 6.45) is 2.00. The predicted molar refractivity (Wildman–Crippen MR) is 124 cm³/mol. The van der Waals surface area contributed by atoms with Crippen molar-refractivity contribution >= 4 is 0 Å². The Bertz CT molecular complexity index is 1120. The maximum atomic E-state index is 15.5. The van der Waals surface area contributed by atoms with Gasteiger partial charge in [-0.2, -0.15) is 0 Å². The summed E-state index contributed by atoms with van der Waals surface area (Å²) in [5.41, 5.74) is 0.504. The van der Waals surface area contributed by atoms with Crippen molar-refractivity contribution < 1.29 is 27.0 Å². The van der Waals surface area contributed by atoms with Gasteiger partial charge in [-0.3, -0.25) is 0 Å². The summed E-state index contributed by atoms with van der Waals surface area (Å²) in [5, 5.41) is 0. The van der Waals surface area contributed by atoms with E-state index in [0.717, 1.165) is 24.0 Å². The van der Waals surface area contributed by atoms with Crippen LogP contribution in [0.1, 0.15) is 48.7 Å². The number of rotatable bonds is 8. The van der Waals surface area contributed by atoms with Crippen molar-refractivity contribution in [1.82, 2.24) is 0 Å². The van der Waals surface area contributed by atoms with E-state index >= 15 is 13.2 Å². The van der Waals surface area contributed by atoms with Gasteiger partial charge in [-0.15, -0.1) is 6.58 Å². The number of hydrogen-bond donors (Lipinski definition) is 0. The van der Waals surface area contributed by atoms with Gasteiger partial charge in [0.05, 0.1) is 12.5 Å². The largest absolute Gasteiger partial charge is 0.491 e. The molecular formula is C28H28F4O2. The zero-order chi connectivity index (χ0) is 24.5. The molecule has 4 unspecified atom stereocenters. The van der Waals surface area contributed by atoms with Gasteiger partial charge in [-0.1, -0.05) is 49.4 Å². The molecule has 2 aliphatic rings. The van der Waals surface area contributed by atoms with Gasteiger partial charge < -0.3 is 9.47 Å². The number of benzene rings is 2. The minimum atomic E-state index is -2.32. The van der Waals surface area contributed by atoms with Gasteiger partial charge in [0.25, 0.3) is 0 Å². The molecule has 2 aromatic carbocycles. The van der Waals surface area contributed by atoms with Gasteiger partial charge >= 0.3 is 0 Å². The summed E-state index contributed by atoms with van der Waals surface area (Å²) in [4.78, 5) is 0. The molecule has 6 heteroatoms. The molecule has 0 heterocycles. The van der Waals surface area contributed by atoms with Crippen LogP contribution in [0.15, 0.2) is 72.8 Å². The number of hydrogen-bond acceptors (Lipinski definition) is 2. The van der Waals surface area contributed by atoms with E-state index in [1.54, 1.807) is 19.9 Å². The van der Waals surface area contributed by atoms with Crippen molar-refractivity contribution in [3.05, 3.63) is 101 Å². The van der Waals surface area contributed by atoms with Crippen molar-refractivity contribution in [2.45, 2.75) is 51.1 Å². The van der Waals surface area contributed by atoms with Crippen LogP contribution in [0.4, 0.5) is 17.6 Å². The second kappa shape index (κ2) is 9.69. The molecule has 0 amide bonds. The minimum Gasteiger partial charge on any atom is -0.491 e. The van der Waals surface area contributed by atoms with Crippen LogP contribution in [0.2, 0.25) is 0 Å². The smallest absolute Gasteiger partial charge is 0.171 e. The molecule has 0 aromatic heterocycles. The molecule has 4 rings (SSSR count). The molecule has 34 heavy (non-hydrogen) atoms. The number of alkyl halides is 2. The summed E-state index contributed by atoms with van der Waals surface area (Å²) in [5.74, 6) is -3.56. The number of aryl methyl sites for hydroxylation is 1. The fourth-order valence-electron chi connectivity index (χ4n) is 4.83. The Morgan fingerprint density at radius 1 is 1.03 bits per heavy atom. The van der Waals surface area contributed by atoms with Gasteiger partial charge in [0.2, 0.25) is 0 Å². The van der Waals surface area contributed by atoms with E-state index < -0.39 is 40.9 Å². The molecule has 0 aliphatic heterocycles. The topological polar surface area (TPSA) is 18.5 Å². The van der Waals surface area contributed by atoms with Gasteiger partial charge in [0.15, 0.2) is 23.5 Å². The van der Waals surface area contributed by atoms with E-state index in [2.05, 4.69) is 6.58 Å². The number of halogens is 4. The van der Waals surface area contributed by atoms with Crippen LogP contribution in [0, 0.1) is 11.7 Å². The number of allylic oxidation sites excluding steroid dienone is 4. The van der Waals surface area contributed by atoms with E-state index in [0.29, 0.717) is 0 Å². The van der Waals surface area contributed by atoms with E-state index in [1.807, 2.05) is 30.3 Å². The van der Waals surface area contributed by atoms with Crippen LogP contribution in [0.3, 0.4) is 0 Å². The Morgan fingerprint density at radius 2 is 1.74 bits per heavy atom. The molecule has 0 fully saturated rings. The third kappa shape index (κ3) is 4.15. The lowest BCUT2D eigenvalue weighted by atomic mass is 9.60. The molecule has 0 radical (unpaired) electrons. The summed E-state index contributed by atoms with van der Waals surface area (Å²) in [6, 6.07) is 10.6. The Labute approximate surface area is 197 Å². The van der Waals surface area contributed by atoms with Gasteiger partial charge in [-0.25, -0.2) is 17.6 Å². The van der Waals surface area contributed by atoms with Crippen molar-refractivity contribution in [1.29, 1.82) is 0 Å². The van der Waals surface area contributed by atoms with Crippen LogP contribution < -0.4 is 4.74 Å². The van der Waals surface area contributed by atoms with Crippen LogP contribution in [0.25, 0.3) is 0 Å². The second-order valence-electron chi connectivity index (χ2n) is 8.86. The Balaban J connectivity index is 1.59. The molecule has 0 bridgehead atoms. The van der Waals surface area contributed by atoms with Gasteiger partial charge in [-0.05, 0) is 48.6 Å². The average molecular weight is 473 g/mol. The lowest BCUT2D eigenvalue weighted by Gasteiger charge is -2.45. The predicted octanol–water partition coefficient (Wildman–Crippen LogP) is 7.55. The number of fused-ring (bicyclic) bond motifs is 3. The van der Waals surface area contributed by atoms with Gasteiger partial charge in [0.1, 0.15) is 18.6 Å². The van der Waals surface area contributed by atoms with Gasteiger partial charge in [0, 0.05) is 11.0 Å². The summed E-state index contributed by atoms with van der Waals surface area (Å²) >= 11 is 0. The lowest BCUT2D eigenvalue weighted by molar-refractivity contribution is 0.0564. The first-order valence-electron chi connectivity index (χ1n) is 11.5. The summed E-state index contributed by atoms with van der Waals surface area (Å²) in [6.45, 7) is 7.23. The molecule has 0 N–H and O–H groups in total. The molecule has 0 saturated carbocycles. The van der Waals surface area contributed by atoms with Crippen molar-refractivity contribution in [3.63, 3.8) is 0 Å². The van der Waals surface area contributed by atoms with Crippen molar-refractivity contribution in [2.75, 3.05) is 6.61 Å². The molecule has 2 nitrogen and oxygen atoms in total. The second-order valence-corrected chi connectivity index (χ2v) is 8.86. The summed E-state index contributed by atoms with van der Waals surface area (Å²) in [7, 11) is 0. The van der Waals surface area contributed by atoms with Crippen LogP contribution in [-0.4, -0.2) is 12.8 Å². The Morgan fingerprint density at radius 3 is 2.41 bits per heavy atom.